The van der Waals surface area contributed by atoms with E-state index in [1.165, 1.54) is 6.42 Å². The van der Waals surface area contributed by atoms with E-state index in [0.29, 0.717) is 111 Å². The number of carbonyl (C=O) groups excluding carboxylic acids is 6. The molecule has 0 spiro atoms. The van der Waals surface area contributed by atoms with Crippen LogP contribution in [0.3, 0.4) is 0 Å². The van der Waals surface area contributed by atoms with E-state index >= 15 is 0 Å². The molecule has 6 aliphatic rings. The SMILES string of the molecule is NCCCCCN.NCCCCCN1CCNC1=O.NCCN.NCCN(CCN)CCN.NCCN1CCN(CCN)C1=O.NCCN1CCNC1=O.NCCNCCNCCN.O=C1NCCN1.O=C1NCCN1CCN1CCNC1=O. The van der Waals surface area contributed by atoms with Crippen LogP contribution in [0.1, 0.15) is 38.5 Å². The molecular weight excluding hydrogens is 1090 g/mol. The minimum absolute atomic E-state index is 0.0143. The van der Waals surface area contributed by atoms with Crippen molar-refractivity contribution in [1.82, 2.24) is 76.8 Å². The first-order chi connectivity index (χ1) is 40.7. The van der Waals surface area contributed by atoms with Gasteiger partial charge in [-0.15, -0.1) is 0 Å². The molecule has 34 N–H and O–H groups in total. The highest BCUT2D eigenvalue weighted by molar-refractivity contribution is 5.78. The largest absolute Gasteiger partial charge is 0.336 e. The van der Waals surface area contributed by atoms with Gasteiger partial charge in [0.2, 0.25) is 0 Å². The molecule has 0 unspecified atom stereocenters. The fourth-order valence-electron chi connectivity index (χ4n) is 7.67. The van der Waals surface area contributed by atoms with E-state index in [0.717, 1.165) is 170 Å². The fourth-order valence-corrected chi connectivity index (χ4v) is 7.67. The van der Waals surface area contributed by atoms with Gasteiger partial charge in [-0.25, -0.2) is 28.8 Å². The first-order valence-electron chi connectivity index (χ1n) is 30.2. The van der Waals surface area contributed by atoms with Gasteiger partial charge >= 0.3 is 36.2 Å². The van der Waals surface area contributed by atoms with Crippen LogP contribution in [0, 0.1) is 0 Å². The van der Waals surface area contributed by atoms with Gasteiger partial charge in [0.15, 0.2) is 0 Å². The Labute approximate surface area is 502 Å². The van der Waals surface area contributed by atoms with E-state index in [1.54, 1.807) is 24.5 Å². The average Bonchev–Trinajstić information content (AvgIpc) is 4.49. The summed E-state index contributed by atoms with van der Waals surface area (Å²) < 4.78 is 0. The molecule has 34 heteroatoms. The van der Waals surface area contributed by atoms with Crippen LogP contribution in [0.15, 0.2) is 0 Å². The molecule has 0 saturated carbocycles. The summed E-state index contributed by atoms with van der Waals surface area (Å²) >= 11 is 0. The van der Waals surface area contributed by atoms with Crippen molar-refractivity contribution < 1.29 is 28.8 Å². The molecule has 0 aliphatic carbocycles. The van der Waals surface area contributed by atoms with Crippen LogP contribution in [0.5, 0.6) is 0 Å². The first-order valence-corrected chi connectivity index (χ1v) is 30.2. The van der Waals surface area contributed by atoms with E-state index in [4.69, 9.17) is 74.5 Å². The van der Waals surface area contributed by atoms with Gasteiger partial charge in [0, 0.05) is 229 Å². The molecule has 498 valence electrons. The molecule has 34 nitrogen and oxygen atoms in total. The van der Waals surface area contributed by atoms with Gasteiger partial charge in [-0.05, 0) is 45.3 Å². The summed E-state index contributed by atoms with van der Waals surface area (Å²) in [6.45, 7) is 28.4. The zero-order valence-electron chi connectivity index (χ0n) is 51.2. The Morgan fingerprint density at radius 3 is 0.881 bits per heavy atom. The number of carbonyl (C=O) groups is 6. The van der Waals surface area contributed by atoms with Crippen LogP contribution < -0.4 is 117 Å². The van der Waals surface area contributed by atoms with Crippen molar-refractivity contribution in [2.24, 2.45) is 74.5 Å². The molecule has 0 aromatic heterocycles. The molecule has 12 amide bonds. The third-order valence-electron chi connectivity index (χ3n) is 12.2. The molecule has 6 aliphatic heterocycles. The zero-order chi connectivity index (χ0) is 63.3. The number of hydrogen-bond acceptors (Lipinski definition) is 22. The molecule has 6 fully saturated rings. The summed E-state index contributed by atoms with van der Waals surface area (Å²) in [6.07, 6.45) is 6.70. The Bertz CT molecular complexity index is 1480. The number of amides is 12. The second-order valence-electron chi connectivity index (χ2n) is 19.0. The maximum atomic E-state index is 11.4. The number of unbranched alkanes of at least 4 members (excludes halogenated alkanes) is 4. The molecule has 6 saturated heterocycles. The predicted molar refractivity (Wildman–Crippen MR) is 337 cm³/mol. The summed E-state index contributed by atoms with van der Waals surface area (Å²) in [5.74, 6) is 0. The van der Waals surface area contributed by atoms with Gasteiger partial charge in [-0.3, -0.25) is 4.90 Å². The summed E-state index contributed by atoms with van der Waals surface area (Å²) in [7, 11) is 0. The quantitative estimate of drug-likeness (QED) is 0.0278. The highest BCUT2D eigenvalue weighted by Gasteiger charge is 2.27. The number of hydrogen-bond donors (Lipinski definition) is 21. The number of urea groups is 6. The lowest BCUT2D eigenvalue weighted by atomic mass is 10.2. The van der Waals surface area contributed by atoms with Crippen molar-refractivity contribution in [2.45, 2.75) is 38.5 Å². The summed E-state index contributed by atoms with van der Waals surface area (Å²) in [4.78, 5) is 78.2. The molecule has 0 aromatic carbocycles. The second kappa shape index (κ2) is 62.5. The van der Waals surface area contributed by atoms with Crippen molar-refractivity contribution >= 4 is 36.2 Å². The zero-order valence-corrected chi connectivity index (χ0v) is 51.2. The van der Waals surface area contributed by atoms with E-state index in [2.05, 4.69) is 47.4 Å². The van der Waals surface area contributed by atoms with Gasteiger partial charge in [-0.2, -0.15) is 0 Å². The number of rotatable bonds is 32. The van der Waals surface area contributed by atoms with Crippen molar-refractivity contribution in [1.29, 1.82) is 0 Å². The summed E-state index contributed by atoms with van der Waals surface area (Å²) in [6, 6.07) is 0.0818. The van der Waals surface area contributed by atoms with Crippen LogP contribution in [0.2, 0.25) is 0 Å². The Kier molecular flexibility index (Phi) is 61.9. The highest BCUT2D eigenvalue weighted by Crippen LogP contribution is 2.06. The second-order valence-corrected chi connectivity index (χ2v) is 19.0. The van der Waals surface area contributed by atoms with E-state index in [1.807, 2.05) is 4.90 Å². The third-order valence-corrected chi connectivity index (χ3v) is 12.2. The standard InChI is InChI=1S/C8H14N4O2.C8H17N3O.C7H16N4O.2C6H18N4.C5H11N3O.C5H14N2.C3H6N2O.C2H8N2/c13-7-9-1-3-11(7)5-6-12-4-2-10-8(12)14;9-4-2-1-3-6-11-7-5-10-8(11)12;8-1-3-10-5-6-11(4-2-9)7(10)12;7-1-4-10(5-2-8)6-3-9;7-1-3-9-5-6-10-4-2-8;6-1-3-8-4-2-7-5(8)9;6-4-2-1-3-5-7;6-3-4-1-2-5-3;3-1-2-4/h1-6H2,(H,9,13)(H,10,14);1-7,9H2,(H,10,12);1-6,8-9H2;1-9H2;9-10H,1-8H2;1-4,6H2,(H,7,9);1-7H2;1-2H2,(H2,4,5,6);1-4H2. The number of nitrogens with one attached hydrogen (secondary N) is 8. The molecule has 0 bridgehead atoms. The lowest BCUT2D eigenvalue weighted by Crippen LogP contribution is -2.38. The molecule has 6 rings (SSSR count). The van der Waals surface area contributed by atoms with Crippen LogP contribution in [0.4, 0.5) is 28.8 Å². The molecular formula is C50H122N28O6. The van der Waals surface area contributed by atoms with Crippen molar-refractivity contribution in [2.75, 3.05) is 249 Å². The minimum atomic E-state index is -0.0463. The summed E-state index contributed by atoms with van der Waals surface area (Å²) in [5.41, 5.74) is 68.2. The topological polar surface area (TPSA) is 560 Å². The molecule has 6 heterocycles. The van der Waals surface area contributed by atoms with E-state index in [9.17, 15) is 28.8 Å². The maximum absolute atomic E-state index is 11.4. The molecule has 0 radical (unpaired) electrons. The average molecular weight is 1210 g/mol. The van der Waals surface area contributed by atoms with Crippen molar-refractivity contribution in [3.8, 4) is 0 Å². The lowest BCUT2D eigenvalue weighted by Gasteiger charge is -2.19. The fraction of sp³-hybridized carbons (Fsp3) is 0.880. The Hall–Kier alpha value is -5.02. The van der Waals surface area contributed by atoms with Gasteiger partial charge in [-0.1, -0.05) is 12.8 Å². The van der Waals surface area contributed by atoms with E-state index < -0.39 is 0 Å². The van der Waals surface area contributed by atoms with Crippen LogP contribution in [-0.4, -0.2) is 319 Å². The van der Waals surface area contributed by atoms with Gasteiger partial charge in [0.1, 0.15) is 0 Å². The highest BCUT2D eigenvalue weighted by atomic mass is 16.2. The Morgan fingerprint density at radius 2 is 0.619 bits per heavy atom. The molecule has 0 aromatic rings. The van der Waals surface area contributed by atoms with Crippen LogP contribution in [-0.2, 0) is 0 Å². The van der Waals surface area contributed by atoms with Gasteiger partial charge in [0.25, 0.3) is 0 Å². The molecule has 84 heavy (non-hydrogen) atoms. The number of nitrogens with zero attached hydrogens (tertiary/aromatic N) is 7. The van der Waals surface area contributed by atoms with Crippen molar-refractivity contribution in [3.63, 3.8) is 0 Å². The first kappa shape index (κ1) is 83.2. The van der Waals surface area contributed by atoms with Gasteiger partial charge < -0.3 is 146 Å². The normalized spacial score (nSPS) is 15.5. The van der Waals surface area contributed by atoms with Crippen LogP contribution in [0.25, 0.3) is 0 Å². The predicted octanol–water partition coefficient (Wildman–Crippen LogP) is -8.69. The van der Waals surface area contributed by atoms with E-state index in [-0.39, 0.29) is 36.2 Å². The smallest absolute Gasteiger partial charge is 0.320 e. The number of nitrogens with two attached hydrogens (primary N) is 13. The third kappa shape index (κ3) is 48.2. The minimum Gasteiger partial charge on any atom is -0.336 e. The summed E-state index contributed by atoms with van der Waals surface area (Å²) in [5, 5.41) is 22.4. The monoisotopic (exact) mass is 1210 g/mol. The Morgan fingerprint density at radius 1 is 0.298 bits per heavy atom. The molecule has 0 atom stereocenters. The maximum Gasteiger partial charge on any atom is 0.320 e. The Balaban J connectivity index is -0.000000894. The van der Waals surface area contributed by atoms with Crippen LogP contribution >= 0.6 is 0 Å². The van der Waals surface area contributed by atoms with Crippen molar-refractivity contribution in [3.05, 3.63) is 0 Å². The van der Waals surface area contributed by atoms with Gasteiger partial charge in [0.05, 0.1) is 0 Å². The lowest BCUT2D eigenvalue weighted by molar-refractivity contribution is 0.194.